The van der Waals surface area contributed by atoms with Crippen LogP contribution < -0.4 is 0 Å². The molecule has 22 heavy (non-hydrogen) atoms. The fourth-order valence-corrected chi connectivity index (χ4v) is 4.83. The first-order valence-electron chi connectivity index (χ1n) is 7.93. The zero-order valence-corrected chi connectivity index (χ0v) is 13.6. The molecule has 0 aromatic carbocycles. The van der Waals surface area contributed by atoms with E-state index in [4.69, 9.17) is 0 Å². The molecule has 0 bridgehead atoms. The smallest absolute Gasteiger partial charge is 0.246 e. The van der Waals surface area contributed by atoms with Crippen LogP contribution in [0.25, 0.3) is 0 Å². The number of likely N-dealkylation sites (tertiary alicyclic amines) is 1. The Labute approximate surface area is 131 Å². The van der Waals surface area contributed by atoms with Crippen LogP contribution in [0.15, 0.2) is 17.3 Å². The van der Waals surface area contributed by atoms with E-state index >= 15 is 0 Å². The van der Waals surface area contributed by atoms with Gasteiger partial charge in [-0.2, -0.15) is 9.40 Å². The summed E-state index contributed by atoms with van der Waals surface area (Å²) in [6.07, 6.45) is 6.93. The van der Waals surface area contributed by atoms with Crippen molar-refractivity contribution in [2.24, 2.45) is 0 Å². The summed E-state index contributed by atoms with van der Waals surface area (Å²) in [5, 5.41) is 17.1. The summed E-state index contributed by atoms with van der Waals surface area (Å²) in [6, 6.07) is 0. The standard InChI is InChI=1S/C14H24N4O3S/c19-14(12-17-6-1-2-7-17)4-3-8-18(9-5-14)22(20,21)13-10-15-16-11-13/h10-11,19H,1-9,12H2,(H,15,16)/t14-/m1/s1. The van der Waals surface area contributed by atoms with E-state index in [9.17, 15) is 13.5 Å². The predicted molar refractivity (Wildman–Crippen MR) is 81.8 cm³/mol. The van der Waals surface area contributed by atoms with Gasteiger partial charge in [0.25, 0.3) is 0 Å². The minimum absolute atomic E-state index is 0.192. The number of H-pyrrole nitrogens is 1. The van der Waals surface area contributed by atoms with Crippen molar-refractivity contribution in [3.63, 3.8) is 0 Å². The quantitative estimate of drug-likeness (QED) is 0.836. The summed E-state index contributed by atoms with van der Waals surface area (Å²) in [7, 11) is -3.50. The number of nitrogens with one attached hydrogen (secondary N) is 1. The van der Waals surface area contributed by atoms with Crippen LogP contribution in [0.3, 0.4) is 0 Å². The SMILES string of the molecule is O=S(=O)(c1cn[nH]c1)N1CCC[C@](O)(CN2CCCC2)CC1. The van der Waals surface area contributed by atoms with Crippen molar-refractivity contribution in [2.45, 2.75) is 42.6 Å². The largest absolute Gasteiger partial charge is 0.389 e. The number of aromatic amines is 1. The van der Waals surface area contributed by atoms with Gasteiger partial charge < -0.3 is 10.0 Å². The van der Waals surface area contributed by atoms with E-state index in [0.717, 1.165) is 13.1 Å². The molecular weight excluding hydrogens is 304 g/mol. The normalized spacial score (nSPS) is 28.8. The molecule has 2 N–H and O–H groups in total. The molecule has 0 unspecified atom stereocenters. The van der Waals surface area contributed by atoms with Crippen LogP contribution in [0.5, 0.6) is 0 Å². The number of aliphatic hydroxyl groups is 1. The maximum absolute atomic E-state index is 12.5. The second-order valence-corrected chi connectivity index (χ2v) is 8.34. The molecule has 2 saturated heterocycles. The van der Waals surface area contributed by atoms with Crippen LogP contribution >= 0.6 is 0 Å². The molecule has 1 atom stereocenters. The molecule has 0 radical (unpaired) electrons. The monoisotopic (exact) mass is 328 g/mol. The molecule has 1 aromatic heterocycles. The summed E-state index contributed by atoms with van der Waals surface area (Å²) < 4.78 is 26.5. The first-order chi connectivity index (χ1) is 10.5. The Bertz CT molecular complexity index is 583. The first-order valence-corrected chi connectivity index (χ1v) is 9.37. The highest BCUT2D eigenvalue weighted by Crippen LogP contribution is 2.27. The van der Waals surface area contributed by atoms with Crippen molar-refractivity contribution >= 4 is 10.0 Å². The molecule has 1 aromatic rings. The summed E-state index contributed by atoms with van der Waals surface area (Å²) >= 11 is 0. The highest BCUT2D eigenvalue weighted by atomic mass is 32.2. The van der Waals surface area contributed by atoms with E-state index in [-0.39, 0.29) is 4.90 Å². The van der Waals surface area contributed by atoms with Gasteiger partial charge in [0.05, 0.1) is 11.8 Å². The lowest BCUT2D eigenvalue weighted by atomic mass is 9.94. The lowest BCUT2D eigenvalue weighted by Gasteiger charge is -2.31. The van der Waals surface area contributed by atoms with Gasteiger partial charge in [0.15, 0.2) is 0 Å². The van der Waals surface area contributed by atoms with Gasteiger partial charge in [-0.25, -0.2) is 8.42 Å². The summed E-state index contributed by atoms with van der Waals surface area (Å²) in [4.78, 5) is 2.48. The molecule has 0 aliphatic carbocycles. The van der Waals surface area contributed by atoms with Gasteiger partial charge in [-0.05, 0) is 45.2 Å². The molecule has 3 rings (SSSR count). The lowest BCUT2D eigenvalue weighted by molar-refractivity contribution is -0.00200. The lowest BCUT2D eigenvalue weighted by Crippen LogP contribution is -2.43. The maximum Gasteiger partial charge on any atom is 0.246 e. The average Bonchev–Trinajstić information content (AvgIpc) is 3.12. The van der Waals surface area contributed by atoms with Crippen LogP contribution in [0.4, 0.5) is 0 Å². The predicted octanol–water partition coefficient (Wildman–Crippen LogP) is 0.411. The Morgan fingerprint density at radius 2 is 1.95 bits per heavy atom. The minimum Gasteiger partial charge on any atom is -0.389 e. The van der Waals surface area contributed by atoms with Crippen LogP contribution in [-0.2, 0) is 10.0 Å². The van der Waals surface area contributed by atoms with Crippen LogP contribution in [0, 0.1) is 0 Å². The Kier molecular flexibility index (Phi) is 4.54. The van der Waals surface area contributed by atoms with Crippen molar-refractivity contribution in [3.05, 3.63) is 12.4 Å². The number of rotatable bonds is 4. The molecule has 124 valence electrons. The highest BCUT2D eigenvalue weighted by molar-refractivity contribution is 7.89. The van der Waals surface area contributed by atoms with Crippen molar-refractivity contribution in [1.29, 1.82) is 0 Å². The van der Waals surface area contributed by atoms with E-state index in [1.807, 2.05) is 0 Å². The fourth-order valence-electron chi connectivity index (χ4n) is 3.44. The molecule has 2 aliphatic heterocycles. The van der Waals surface area contributed by atoms with Crippen molar-refractivity contribution < 1.29 is 13.5 Å². The van der Waals surface area contributed by atoms with Gasteiger partial charge in [-0.3, -0.25) is 5.10 Å². The van der Waals surface area contributed by atoms with Crippen LogP contribution in [0.1, 0.15) is 32.1 Å². The third-order valence-corrected chi connectivity index (χ3v) is 6.57. The number of nitrogens with zero attached hydrogens (tertiary/aromatic N) is 3. The molecular formula is C14H24N4O3S. The summed E-state index contributed by atoms with van der Waals surface area (Å²) in [5.41, 5.74) is -0.773. The molecule has 8 heteroatoms. The third kappa shape index (κ3) is 3.34. The third-order valence-electron chi connectivity index (χ3n) is 4.70. The van der Waals surface area contributed by atoms with Gasteiger partial charge >= 0.3 is 0 Å². The van der Waals surface area contributed by atoms with E-state index in [1.54, 1.807) is 0 Å². The Morgan fingerprint density at radius 1 is 1.18 bits per heavy atom. The zero-order valence-electron chi connectivity index (χ0n) is 12.7. The molecule has 2 aliphatic rings. The maximum atomic E-state index is 12.5. The van der Waals surface area contributed by atoms with Crippen molar-refractivity contribution in [1.82, 2.24) is 19.4 Å². The minimum atomic E-state index is -3.50. The first kappa shape index (κ1) is 15.9. The average molecular weight is 328 g/mol. The Balaban J connectivity index is 1.66. The number of hydrogen-bond donors (Lipinski definition) is 2. The number of sulfonamides is 1. The number of aromatic nitrogens is 2. The van der Waals surface area contributed by atoms with E-state index in [2.05, 4.69) is 15.1 Å². The van der Waals surface area contributed by atoms with Crippen molar-refractivity contribution in [3.8, 4) is 0 Å². The van der Waals surface area contributed by atoms with E-state index < -0.39 is 15.6 Å². The second-order valence-electron chi connectivity index (χ2n) is 6.40. The van der Waals surface area contributed by atoms with Gasteiger partial charge in [-0.1, -0.05) is 0 Å². The molecule has 0 spiro atoms. The molecule has 3 heterocycles. The van der Waals surface area contributed by atoms with Gasteiger partial charge in [0.1, 0.15) is 4.90 Å². The van der Waals surface area contributed by atoms with E-state index in [1.165, 1.54) is 29.5 Å². The van der Waals surface area contributed by atoms with Crippen LogP contribution in [-0.4, -0.2) is 71.3 Å². The van der Waals surface area contributed by atoms with Gasteiger partial charge in [0, 0.05) is 25.8 Å². The Morgan fingerprint density at radius 3 is 2.64 bits per heavy atom. The topological polar surface area (TPSA) is 89.5 Å². The Hall–Kier alpha value is -0.960. The zero-order chi connectivity index (χ0) is 15.6. The molecule has 2 fully saturated rings. The summed E-state index contributed by atoms with van der Waals surface area (Å²) in [6.45, 7) is 3.55. The van der Waals surface area contributed by atoms with Gasteiger partial charge in [-0.15, -0.1) is 0 Å². The molecule has 7 nitrogen and oxygen atoms in total. The number of hydrogen-bond acceptors (Lipinski definition) is 5. The van der Waals surface area contributed by atoms with Crippen molar-refractivity contribution in [2.75, 3.05) is 32.7 Å². The summed E-state index contributed by atoms with van der Waals surface area (Å²) in [5.74, 6) is 0. The molecule has 0 saturated carbocycles. The fraction of sp³-hybridized carbons (Fsp3) is 0.786. The second kappa shape index (κ2) is 6.27. The van der Waals surface area contributed by atoms with Gasteiger partial charge in [0.2, 0.25) is 10.0 Å². The highest BCUT2D eigenvalue weighted by Gasteiger charge is 2.36. The molecule has 0 amide bonds. The number of β-amino-alcohol motifs (C(OH)–C–C–N with tert-alkyl or cyclic N) is 1. The van der Waals surface area contributed by atoms with Crippen LogP contribution in [0.2, 0.25) is 0 Å². The van der Waals surface area contributed by atoms with E-state index in [0.29, 0.717) is 38.9 Å².